The molecule has 2 aromatic rings. The van der Waals surface area contributed by atoms with E-state index in [4.69, 9.17) is 10.00 Å². The second-order valence-corrected chi connectivity index (χ2v) is 4.07. The van der Waals surface area contributed by atoms with E-state index < -0.39 is 5.97 Å². The molecular formula is C15H12N2O2. The van der Waals surface area contributed by atoms with Crippen LogP contribution >= 0.6 is 0 Å². The van der Waals surface area contributed by atoms with Crippen LogP contribution in [0.25, 0.3) is 0 Å². The summed E-state index contributed by atoms with van der Waals surface area (Å²) in [6.45, 7) is 2.03. The number of rotatable bonds is 3. The fraction of sp³-hybridized carbons (Fsp3) is 0.133. The summed E-state index contributed by atoms with van der Waals surface area (Å²) >= 11 is 0. The van der Waals surface area contributed by atoms with Gasteiger partial charge in [0.1, 0.15) is 6.61 Å². The third-order valence-corrected chi connectivity index (χ3v) is 2.60. The van der Waals surface area contributed by atoms with Crippen molar-refractivity contribution in [2.24, 2.45) is 0 Å². The summed E-state index contributed by atoms with van der Waals surface area (Å²) in [5.41, 5.74) is 2.70. The quantitative estimate of drug-likeness (QED) is 0.788. The third-order valence-electron chi connectivity index (χ3n) is 2.60. The molecule has 0 bridgehead atoms. The van der Waals surface area contributed by atoms with E-state index in [0.717, 1.165) is 11.3 Å². The number of nitriles is 1. The van der Waals surface area contributed by atoms with Crippen molar-refractivity contribution >= 4 is 5.97 Å². The Morgan fingerprint density at radius 3 is 2.58 bits per heavy atom. The number of nitrogens with zero attached hydrogens (tertiary/aromatic N) is 2. The van der Waals surface area contributed by atoms with E-state index in [1.54, 1.807) is 36.4 Å². The summed E-state index contributed by atoms with van der Waals surface area (Å²) in [7, 11) is 0. The predicted octanol–water partition coefficient (Wildman–Crippen LogP) is 2.62. The van der Waals surface area contributed by atoms with Gasteiger partial charge in [0.15, 0.2) is 0 Å². The number of pyridine rings is 1. The topological polar surface area (TPSA) is 63.0 Å². The van der Waals surface area contributed by atoms with Gasteiger partial charge in [-0.15, -0.1) is 0 Å². The first-order valence-electron chi connectivity index (χ1n) is 5.78. The average Bonchev–Trinajstić information content (AvgIpc) is 2.46. The first kappa shape index (κ1) is 12.8. The van der Waals surface area contributed by atoms with Crippen LogP contribution in [-0.2, 0) is 11.3 Å². The van der Waals surface area contributed by atoms with Crippen LogP contribution in [0.1, 0.15) is 27.2 Å². The highest BCUT2D eigenvalue weighted by Crippen LogP contribution is 2.07. The van der Waals surface area contributed by atoms with Crippen molar-refractivity contribution in [2.75, 3.05) is 0 Å². The molecule has 1 aromatic heterocycles. The average molecular weight is 252 g/mol. The molecule has 1 heterocycles. The van der Waals surface area contributed by atoms with Crippen LogP contribution in [0.15, 0.2) is 42.6 Å². The van der Waals surface area contributed by atoms with Crippen LogP contribution in [-0.4, -0.2) is 11.0 Å². The highest BCUT2D eigenvalue weighted by atomic mass is 16.5. The molecule has 0 aliphatic rings. The molecule has 0 aliphatic heterocycles. The molecular weight excluding hydrogens is 240 g/mol. The zero-order valence-electron chi connectivity index (χ0n) is 10.5. The van der Waals surface area contributed by atoms with E-state index >= 15 is 0 Å². The number of hydrogen-bond donors (Lipinski definition) is 0. The van der Waals surface area contributed by atoms with Crippen LogP contribution in [0, 0.1) is 18.3 Å². The SMILES string of the molecule is Cc1ccc(C(=O)OCc2ccc(C#N)cc2)cn1. The summed E-state index contributed by atoms with van der Waals surface area (Å²) in [5.74, 6) is -0.406. The van der Waals surface area contributed by atoms with Crippen molar-refractivity contribution in [1.29, 1.82) is 5.26 Å². The molecule has 0 saturated carbocycles. The molecule has 1 aromatic carbocycles. The minimum Gasteiger partial charge on any atom is -0.457 e. The van der Waals surface area contributed by atoms with Gasteiger partial charge in [-0.2, -0.15) is 5.26 Å². The normalized spacial score (nSPS) is 9.68. The Balaban J connectivity index is 1.96. The number of benzene rings is 1. The maximum atomic E-state index is 11.7. The molecule has 0 amide bonds. The van der Waals surface area contributed by atoms with Gasteiger partial charge in [-0.3, -0.25) is 4.98 Å². The smallest absolute Gasteiger partial charge is 0.340 e. The lowest BCUT2D eigenvalue weighted by atomic mass is 10.1. The lowest BCUT2D eigenvalue weighted by molar-refractivity contribution is 0.0472. The zero-order chi connectivity index (χ0) is 13.7. The van der Waals surface area contributed by atoms with Gasteiger partial charge in [-0.05, 0) is 36.8 Å². The fourth-order valence-corrected chi connectivity index (χ4v) is 1.50. The van der Waals surface area contributed by atoms with Crippen molar-refractivity contribution in [3.05, 3.63) is 65.0 Å². The fourth-order valence-electron chi connectivity index (χ4n) is 1.50. The number of aryl methyl sites for hydroxylation is 1. The molecule has 0 spiro atoms. The highest BCUT2D eigenvalue weighted by molar-refractivity contribution is 5.88. The number of aromatic nitrogens is 1. The zero-order valence-corrected chi connectivity index (χ0v) is 10.5. The molecule has 0 atom stereocenters. The maximum Gasteiger partial charge on any atom is 0.340 e. The van der Waals surface area contributed by atoms with E-state index in [-0.39, 0.29) is 6.61 Å². The monoisotopic (exact) mass is 252 g/mol. The largest absolute Gasteiger partial charge is 0.457 e. The van der Waals surface area contributed by atoms with Gasteiger partial charge in [-0.1, -0.05) is 12.1 Å². The number of hydrogen-bond acceptors (Lipinski definition) is 4. The number of esters is 1. The first-order chi connectivity index (χ1) is 9.19. The molecule has 2 rings (SSSR count). The summed E-state index contributed by atoms with van der Waals surface area (Å²) in [5, 5.41) is 8.68. The van der Waals surface area contributed by atoms with Gasteiger partial charge >= 0.3 is 5.97 Å². The number of carbonyl (C=O) groups is 1. The Bertz CT molecular complexity index is 610. The predicted molar refractivity (Wildman–Crippen MR) is 69.3 cm³/mol. The van der Waals surface area contributed by atoms with Crippen LogP contribution in [0.5, 0.6) is 0 Å². The van der Waals surface area contributed by atoms with E-state index in [1.165, 1.54) is 6.20 Å². The van der Waals surface area contributed by atoms with Gasteiger partial charge in [0.05, 0.1) is 17.2 Å². The van der Waals surface area contributed by atoms with Gasteiger partial charge in [-0.25, -0.2) is 4.79 Å². The van der Waals surface area contributed by atoms with Crippen molar-refractivity contribution < 1.29 is 9.53 Å². The van der Waals surface area contributed by atoms with Crippen molar-refractivity contribution in [3.63, 3.8) is 0 Å². The summed E-state index contributed by atoms with van der Waals surface area (Å²) in [4.78, 5) is 15.8. The Morgan fingerprint density at radius 1 is 1.26 bits per heavy atom. The molecule has 94 valence electrons. The summed E-state index contributed by atoms with van der Waals surface area (Å²) < 4.78 is 5.17. The van der Waals surface area contributed by atoms with Crippen LogP contribution in [0.4, 0.5) is 0 Å². The molecule has 19 heavy (non-hydrogen) atoms. The minimum atomic E-state index is -0.406. The second-order valence-electron chi connectivity index (χ2n) is 4.07. The lowest BCUT2D eigenvalue weighted by Gasteiger charge is -2.05. The Hall–Kier alpha value is -2.67. The Kier molecular flexibility index (Phi) is 3.89. The third kappa shape index (κ3) is 3.39. The number of ether oxygens (including phenoxy) is 1. The maximum absolute atomic E-state index is 11.7. The molecule has 0 N–H and O–H groups in total. The van der Waals surface area contributed by atoms with E-state index in [2.05, 4.69) is 4.98 Å². The minimum absolute atomic E-state index is 0.179. The van der Waals surface area contributed by atoms with Crippen LogP contribution in [0.2, 0.25) is 0 Å². The Labute approximate surface area is 111 Å². The molecule has 0 fully saturated rings. The molecule has 0 saturated heterocycles. The number of carbonyl (C=O) groups excluding carboxylic acids is 1. The first-order valence-corrected chi connectivity index (χ1v) is 5.78. The van der Waals surface area contributed by atoms with E-state index in [1.807, 2.05) is 13.0 Å². The Morgan fingerprint density at radius 2 is 2.00 bits per heavy atom. The van der Waals surface area contributed by atoms with Crippen molar-refractivity contribution in [3.8, 4) is 6.07 Å². The molecule has 0 aliphatic carbocycles. The van der Waals surface area contributed by atoms with Crippen molar-refractivity contribution in [1.82, 2.24) is 4.98 Å². The summed E-state index contributed by atoms with van der Waals surface area (Å²) in [6.07, 6.45) is 1.50. The second kappa shape index (κ2) is 5.78. The molecule has 4 nitrogen and oxygen atoms in total. The molecule has 0 unspecified atom stereocenters. The van der Waals surface area contributed by atoms with E-state index in [0.29, 0.717) is 11.1 Å². The van der Waals surface area contributed by atoms with Gasteiger partial charge in [0.25, 0.3) is 0 Å². The van der Waals surface area contributed by atoms with Crippen molar-refractivity contribution in [2.45, 2.75) is 13.5 Å². The van der Waals surface area contributed by atoms with E-state index in [9.17, 15) is 4.79 Å². The standard InChI is InChI=1S/C15H12N2O2/c1-11-2-7-14(9-17-11)15(18)19-10-13-5-3-12(8-16)4-6-13/h2-7,9H,10H2,1H3. The van der Waals surface area contributed by atoms with Gasteiger partial charge < -0.3 is 4.74 Å². The lowest BCUT2D eigenvalue weighted by Crippen LogP contribution is -2.05. The van der Waals surface area contributed by atoms with Gasteiger partial charge in [0, 0.05) is 11.9 Å². The van der Waals surface area contributed by atoms with Gasteiger partial charge in [0.2, 0.25) is 0 Å². The van der Waals surface area contributed by atoms with Crippen LogP contribution in [0.3, 0.4) is 0 Å². The molecule has 4 heteroatoms. The van der Waals surface area contributed by atoms with Crippen LogP contribution < -0.4 is 0 Å². The summed E-state index contributed by atoms with van der Waals surface area (Å²) in [6, 6.07) is 12.4. The molecule has 0 radical (unpaired) electrons. The highest BCUT2D eigenvalue weighted by Gasteiger charge is 2.07.